The van der Waals surface area contributed by atoms with Crippen molar-refractivity contribution in [3.8, 4) is 22.8 Å². The topological polar surface area (TPSA) is 43.4 Å². The second kappa shape index (κ2) is 9.26. The van der Waals surface area contributed by atoms with Crippen LogP contribution in [0.1, 0.15) is 12.5 Å². The van der Waals surface area contributed by atoms with E-state index < -0.39 is 0 Å². The first-order valence-corrected chi connectivity index (χ1v) is 9.13. The lowest BCUT2D eigenvalue weighted by atomic mass is 10.1. The van der Waals surface area contributed by atoms with Crippen molar-refractivity contribution in [1.82, 2.24) is 4.98 Å². The number of halogens is 2. The molecule has 1 aromatic heterocycles. The molecule has 0 saturated heterocycles. The van der Waals surface area contributed by atoms with Crippen LogP contribution in [-0.2, 0) is 6.42 Å². The van der Waals surface area contributed by atoms with Crippen LogP contribution in [0.3, 0.4) is 0 Å². The summed E-state index contributed by atoms with van der Waals surface area (Å²) in [5.41, 5.74) is 4.11. The summed E-state index contributed by atoms with van der Waals surface area (Å²) in [4.78, 5) is 4.66. The van der Waals surface area contributed by atoms with Crippen molar-refractivity contribution in [2.75, 3.05) is 19.5 Å². The van der Waals surface area contributed by atoms with Gasteiger partial charge in [-0.2, -0.15) is 0 Å². The number of nitrogens with one attached hydrogen (secondary N) is 1. The van der Waals surface area contributed by atoms with E-state index in [9.17, 15) is 0 Å². The molecule has 0 amide bonds. The van der Waals surface area contributed by atoms with Gasteiger partial charge in [0.2, 0.25) is 0 Å². The normalized spacial score (nSPS) is 10.2. The Labute approximate surface area is 172 Å². The molecular formula is C19H20BrClN2O2S. The minimum absolute atomic E-state index is 0. The lowest BCUT2D eigenvalue weighted by Gasteiger charge is -2.12. The zero-order valence-electron chi connectivity index (χ0n) is 14.7. The van der Waals surface area contributed by atoms with Crippen molar-refractivity contribution in [1.29, 1.82) is 0 Å². The maximum atomic E-state index is 6.15. The molecule has 0 spiro atoms. The molecule has 0 atom stereocenters. The summed E-state index contributed by atoms with van der Waals surface area (Å²) in [7, 11) is 3.19. The fourth-order valence-electron chi connectivity index (χ4n) is 2.45. The van der Waals surface area contributed by atoms with Gasteiger partial charge in [0.1, 0.15) is 11.5 Å². The van der Waals surface area contributed by atoms with Gasteiger partial charge >= 0.3 is 0 Å². The zero-order chi connectivity index (χ0) is 17.8. The largest absolute Gasteiger partial charge is 0.495 e. The number of ether oxygens (including phenoxy) is 2. The third kappa shape index (κ3) is 4.50. The van der Waals surface area contributed by atoms with Crippen molar-refractivity contribution in [2.24, 2.45) is 0 Å². The van der Waals surface area contributed by atoms with Crippen LogP contribution < -0.4 is 14.8 Å². The molecule has 138 valence electrons. The highest BCUT2D eigenvalue weighted by Crippen LogP contribution is 2.38. The molecule has 26 heavy (non-hydrogen) atoms. The SMILES string of the molecule is Br.CCc1ccc(-c2csc(Nc3cc(OC)c(Cl)cc3OC)n2)cc1. The van der Waals surface area contributed by atoms with Crippen LogP contribution in [0.15, 0.2) is 41.8 Å². The first-order valence-electron chi connectivity index (χ1n) is 7.88. The summed E-state index contributed by atoms with van der Waals surface area (Å²) >= 11 is 7.68. The Balaban J connectivity index is 0.00000243. The van der Waals surface area contributed by atoms with Gasteiger partial charge in [0.05, 0.1) is 30.6 Å². The van der Waals surface area contributed by atoms with E-state index in [-0.39, 0.29) is 17.0 Å². The Morgan fingerprint density at radius 3 is 2.38 bits per heavy atom. The molecule has 1 heterocycles. The molecule has 4 nitrogen and oxygen atoms in total. The van der Waals surface area contributed by atoms with E-state index in [1.807, 2.05) is 5.38 Å². The minimum atomic E-state index is 0. The number of aromatic nitrogens is 1. The van der Waals surface area contributed by atoms with Gasteiger partial charge in [0.25, 0.3) is 0 Å². The average Bonchev–Trinajstić information content (AvgIpc) is 3.11. The average molecular weight is 456 g/mol. The van der Waals surface area contributed by atoms with E-state index in [4.69, 9.17) is 21.1 Å². The van der Waals surface area contributed by atoms with E-state index in [1.165, 1.54) is 16.9 Å². The van der Waals surface area contributed by atoms with Gasteiger partial charge in [0.15, 0.2) is 5.13 Å². The lowest BCUT2D eigenvalue weighted by Crippen LogP contribution is -1.96. The number of nitrogens with zero attached hydrogens (tertiary/aromatic N) is 1. The standard InChI is InChI=1S/C19H19ClN2O2S.BrH/c1-4-12-5-7-13(8-6-12)16-11-25-19(22-16)21-15-10-17(23-2)14(20)9-18(15)24-3;/h5-11H,4H2,1-3H3,(H,21,22);1H. The monoisotopic (exact) mass is 454 g/mol. The quantitative estimate of drug-likeness (QED) is 0.469. The van der Waals surface area contributed by atoms with Crippen LogP contribution in [-0.4, -0.2) is 19.2 Å². The van der Waals surface area contributed by atoms with Crippen LogP contribution in [0.25, 0.3) is 11.3 Å². The molecule has 0 aliphatic heterocycles. The van der Waals surface area contributed by atoms with Crippen LogP contribution in [0.5, 0.6) is 11.5 Å². The number of methoxy groups -OCH3 is 2. The Kier molecular flexibility index (Phi) is 7.32. The maximum absolute atomic E-state index is 6.15. The Bertz CT molecular complexity index is 868. The van der Waals surface area contributed by atoms with Gasteiger partial charge in [0, 0.05) is 23.1 Å². The highest BCUT2D eigenvalue weighted by Gasteiger charge is 2.12. The first-order chi connectivity index (χ1) is 12.1. The van der Waals surface area contributed by atoms with Gasteiger partial charge in [-0.25, -0.2) is 4.98 Å². The van der Waals surface area contributed by atoms with Crippen molar-refractivity contribution in [2.45, 2.75) is 13.3 Å². The molecule has 3 aromatic rings. The van der Waals surface area contributed by atoms with Gasteiger partial charge in [-0.3, -0.25) is 0 Å². The predicted molar refractivity (Wildman–Crippen MR) is 115 cm³/mol. The number of rotatable bonds is 6. The highest BCUT2D eigenvalue weighted by molar-refractivity contribution is 8.93. The van der Waals surface area contributed by atoms with E-state index in [0.29, 0.717) is 16.5 Å². The molecular weight excluding hydrogens is 436 g/mol. The Morgan fingerprint density at radius 1 is 1.08 bits per heavy atom. The van der Waals surface area contributed by atoms with E-state index in [0.717, 1.165) is 28.5 Å². The molecule has 0 unspecified atom stereocenters. The molecule has 3 rings (SSSR count). The van der Waals surface area contributed by atoms with Gasteiger partial charge < -0.3 is 14.8 Å². The number of hydrogen-bond acceptors (Lipinski definition) is 5. The van der Waals surface area contributed by atoms with Crippen molar-refractivity contribution >= 4 is 50.7 Å². The van der Waals surface area contributed by atoms with Gasteiger partial charge in [-0.15, -0.1) is 28.3 Å². The first kappa shape index (κ1) is 20.6. The number of aryl methyl sites for hydroxylation is 1. The summed E-state index contributed by atoms with van der Waals surface area (Å²) < 4.78 is 10.7. The summed E-state index contributed by atoms with van der Waals surface area (Å²) in [5.74, 6) is 1.21. The van der Waals surface area contributed by atoms with Crippen molar-refractivity contribution in [3.63, 3.8) is 0 Å². The van der Waals surface area contributed by atoms with Crippen LogP contribution in [0.2, 0.25) is 5.02 Å². The molecule has 2 aromatic carbocycles. The number of hydrogen-bond donors (Lipinski definition) is 1. The summed E-state index contributed by atoms with van der Waals surface area (Å²) in [6.45, 7) is 2.15. The predicted octanol–water partition coefficient (Wildman–Crippen LogP) is 6.36. The third-order valence-electron chi connectivity index (χ3n) is 3.88. The number of benzene rings is 2. The Hall–Kier alpha value is -1.76. The van der Waals surface area contributed by atoms with Crippen molar-refractivity contribution in [3.05, 3.63) is 52.4 Å². The van der Waals surface area contributed by atoms with Crippen LogP contribution in [0.4, 0.5) is 10.8 Å². The van der Waals surface area contributed by atoms with E-state index >= 15 is 0 Å². The molecule has 7 heteroatoms. The summed E-state index contributed by atoms with van der Waals surface area (Å²) in [6, 6.07) is 12.0. The fourth-order valence-corrected chi connectivity index (χ4v) is 3.41. The fraction of sp³-hybridized carbons (Fsp3) is 0.211. The number of thiazole rings is 1. The van der Waals surface area contributed by atoms with Gasteiger partial charge in [-0.05, 0) is 12.0 Å². The highest BCUT2D eigenvalue weighted by atomic mass is 79.9. The third-order valence-corrected chi connectivity index (χ3v) is 4.93. The van der Waals surface area contributed by atoms with E-state index in [1.54, 1.807) is 26.4 Å². The number of anilines is 2. The second-order valence-electron chi connectivity index (χ2n) is 5.40. The van der Waals surface area contributed by atoms with Crippen LogP contribution in [0, 0.1) is 0 Å². The Morgan fingerprint density at radius 2 is 1.77 bits per heavy atom. The summed E-state index contributed by atoms with van der Waals surface area (Å²) in [5, 5.41) is 6.59. The zero-order valence-corrected chi connectivity index (χ0v) is 18.0. The molecule has 0 radical (unpaired) electrons. The molecule has 0 saturated carbocycles. The van der Waals surface area contributed by atoms with Crippen LogP contribution >= 0.6 is 39.9 Å². The maximum Gasteiger partial charge on any atom is 0.187 e. The molecule has 0 aliphatic rings. The summed E-state index contributed by atoms with van der Waals surface area (Å²) in [6.07, 6.45) is 1.03. The second-order valence-corrected chi connectivity index (χ2v) is 6.67. The van der Waals surface area contributed by atoms with E-state index in [2.05, 4.69) is 41.5 Å². The molecule has 0 bridgehead atoms. The molecule has 0 aliphatic carbocycles. The minimum Gasteiger partial charge on any atom is -0.495 e. The van der Waals surface area contributed by atoms with Crippen molar-refractivity contribution < 1.29 is 9.47 Å². The molecule has 0 fully saturated rings. The van der Waals surface area contributed by atoms with Gasteiger partial charge in [-0.1, -0.05) is 42.8 Å². The smallest absolute Gasteiger partial charge is 0.187 e. The molecule has 1 N–H and O–H groups in total. The lowest BCUT2D eigenvalue weighted by molar-refractivity contribution is 0.405.